The van der Waals surface area contributed by atoms with Gasteiger partial charge in [0.15, 0.2) is 6.10 Å². The Labute approximate surface area is 143 Å². The minimum Gasteiger partial charge on any atom is -0.481 e. The van der Waals surface area contributed by atoms with E-state index >= 15 is 0 Å². The molecule has 2 atom stereocenters. The summed E-state index contributed by atoms with van der Waals surface area (Å²) >= 11 is 1.21. The van der Waals surface area contributed by atoms with E-state index in [1.807, 2.05) is 0 Å². The number of nitrogens with one attached hydrogen (secondary N) is 1. The summed E-state index contributed by atoms with van der Waals surface area (Å²) in [5.41, 5.74) is 0. The molecule has 24 heavy (non-hydrogen) atoms. The zero-order valence-corrected chi connectivity index (χ0v) is 14.2. The zero-order chi connectivity index (χ0) is 17.1. The van der Waals surface area contributed by atoms with Crippen LogP contribution in [0.2, 0.25) is 0 Å². The Morgan fingerprint density at radius 2 is 2.04 bits per heavy atom. The predicted octanol–water partition coefficient (Wildman–Crippen LogP) is 3.11. The van der Waals surface area contributed by atoms with E-state index in [1.54, 1.807) is 13.8 Å². The molecule has 0 radical (unpaired) electrons. The molecule has 1 amide bonds. The maximum Gasteiger partial charge on any atom is 0.277 e. The number of aromatic nitrogens is 2. The van der Waals surface area contributed by atoms with Gasteiger partial charge in [0.25, 0.3) is 11.1 Å². The van der Waals surface area contributed by atoms with Crippen molar-refractivity contribution in [2.24, 2.45) is 0 Å². The molecule has 0 bridgehead atoms. The van der Waals surface area contributed by atoms with Gasteiger partial charge in [-0.15, -0.1) is 10.2 Å². The second-order valence-corrected chi connectivity index (χ2v) is 6.96. The number of hydrogen-bond donors (Lipinski definition) is 1. The van der Waals surface area contributed by atoms with Gasteiger partial charge in [-0.1, -0.05) is 11.8 Å². The second kappa shape index (κ2) is 7.21. The number of rotatable bonds is 7. The predicted molar refractivity (Wildman–Crippen MR) is 86.2 cm³/mol. The number of nitrogens with zero attached hydrogens (tertiary/aromatic N) is 2. The molecule has 0 unspecified atom stereocenters. The Morgan fingerprint density at radius 3 is 2.71 bits per heavy atom. The molecule has 1 aromatic heterocycles. The SMILES string of the molecule is C[C@@H](Sc1nnc([C@@H](C)Oc2ccc(F)cc2)o1)C(=O)NC1CC1. The number of ether oxygens (including phenoxy) is 1. The monoisotopic (exact) mass is 351 g/mol. The third kappa shape index (κ3) is 4.47. The van der Waals surface area contributed by atoms with E-state index in [0.717, 1.165) is 12.8 Å². The maximum absolute atomic E-state index is 12.9. The first kappa shape index (κ1) is 16.8. The first-order chi connectivity index (χ1) is 11.5. The highest BCUT2D eigenvalue weighted by Gasteiger charge is 2.27. The summed E-state index contributed by atoms with van der Waals surface area (Å²) in [6.07, 6.45) is 1.62. The van der Waals surface area contributed by atoms with Crippen LogP contribution >= 0.6 is 11.8 Å². The molecule has 0 aliphatic heterocycles. The van der Waals surface area contributed by atoms with Crippen molar-refractivity contribution in [3.05, 3.63) is 36.0 Å². The highest BCUT2D eigenvalue weighted by atomic mass is 32.2. The van der Waals surface area contributed by atoms with Gasteiger partial charge in [-0.2, -0.15) is 0 Å². The zero-order valence-electron chi connectivity index (χ0n) is 13.4. The van der Waals surface area contributed by atoms with E-state index in [0.29, 0.717) is 22.9 Å². The molecular weight excluding hydrogens is 333 g/mol. The molecular formula is C16H18FN3O3S. The van der Waals surface area contributed by atoms with Crippen molar-refractivity contribution in [3.8, 4) is 5.75 Å². The highest BCUT2D eigenvalue weighted by Crippen LogP contribution is 2.27. The van der Waals surface area contributed by atoms with Gasteiger partial charge in [0.1, 0.15) is 11.6 Å². The van der Waals surface area contributed by atoms with E-state index < -0.39 is 6.10 Å². The molecule has 1 N–H and O–H groups in total. The topological polar surface area (TPSA) is 77.2 Å². The second-order valence-electron chi connectivity index (χ2n) is 5.66. The van der Waals surface area contributed by atoms with Crippen LogP contribution in [0.4, 0.5) is 4.39 Å². The minimum atomic E-state index is -0.479. The summed E-state index contributed by atoms with van der Waals surface area (Å²) in [7, 11) is 0. The molecule has 8 heteroatoms. The lowest BCUT2D eigenvalue weighted by Crippen LogP contribution is -2.32. The van der Waals surface area contributed by atoms with Crippen LogP contribution in [0, 0.1) is 5.82 Å². The van der Waals surface area contributed by atoms with Crippen molar-refractivity contribution < 1.29 is 18.3 Å². The molecule has 1 aliphatic rings. The fourth-order valence-corrected chi connectivity index (χ4v) is 2.65. The highest BCUT2D eigenvalue weighted by molar-refractivity contribution is 8.00. The third-order valence-electron chi connectivity index (χ3n) is 3.47. The smallest absolute Gasteiger partial charge is 0.277 e. The van der Waals surface area contributed by atoms with Crippen LogP contribution in [0.1, 0.15) is 38.7 Å². The van der Waals surface area contributed by atoms with E-state index in [1.165, 1.54) is 36.0 Å². The molecule has 1 aromatic carbocycles. The quantitative estimate of drug-likeness (QED) is 0.773. The molecule has 1 aliphatic carbocycles. The molecule has 3 rings (SSSR count). The number of hydrogen-bond acceptors (Lipinski definition) is 6. The summed E-state index contributed by atoms with van der Waals surface area (Å²) in [5.74, 6) is 0.452. The van der Waals surface area contributed by atoms with Crippen molar-refractivity contribution >= 4 is 17.7 Å². The van der Waals surface area contributed by atoms with Crippen molar-refractivity contribution in [2.75, 3.05) is 0 Å². The number of benzene rings is 1. The molecule has 1 fully saturated rings. The number of carbonyl (C=O) groups is 1. The minimum absolute atomic E-state index is 0.0298. The van der Waals surface area contributed by atoms with Crippen LogP contribution in [0.5, 0.6) is 5.75 Å². The number of halogens is 1. The Bertz CT molecular complexity index is 703. The largest absolute Gasteiger partial charge is 0.481 e. The van der Waals surface area contributed by atoms with Crippen molar-refractivity contribution in [2.45, 2.75) is 49.3 Å². The Kier molecular flexibility index (Phi) is 5.03. The van der Waals surface area contributed by atoms with Gasteiger partial charge in [0, 0.05) is 6.04 Å². The average molecular weight is 351 g/mol. The molecule has 128 valence electrons. The fraction of sp³-hybridized carbons (Fsp3) is 0.438. The molecule has 2 aromatic rings. The van der Waals surface area contributed by atoms with Gasteiger partial charge in [-0.3, -0.25) is 4.79 Å². The lowest BCUT2D eigenvalue weighted by Gasteiger charge is -2.11. The first-order valence-electron chi connectivity index (χ1n) is 7.74. The maximum atomic E-state index is 12.9. The average Bonchev–Trinajstić information content (AvgIpc) is 3.24. The van der Waals surface area contributed by atoms with Gasteiger partial charge in [0.2, 0.25) is 5.91 Å². The van der Waals surface area contributed by atoms with Crippen molar-refractivity contribution in [1.82, 2.24) is 15.5 Å². The van der Waals surface area contributed by atoms with Crippen LogP contribution in [0.3, 0.4) is 0 Å². The van der Waals surface area contributed by atoms with Gasteiger partial charge in [-0.25, -0.2) is 4.39 Å². The van der Waals surface area contributed by atoms with Crippen LogP contribution in [-0.4, -0.2) is 27.4 Å². The Balaban J connectivity index is 1.55. The van der Waals surface area contributed by atoms with Crippen molar-refractivity contribution in [1.29, 1.82) is 0 Å². The van der Waals surface area contributed by atoms with Gasteiger partial charge < -0.3 is 14.5 Å². The van der Waals surface area contributed by atoms with E-state index in [9.17, 15) is 9.18 Å². The summed E-state index contributed by atoms with van der Waals surface area (Å²) in [6, 6.07) is 6.02. The van der Waals surface area contributed by atoms with Crippen LogP contribution in [0.25, 0.3) is 0 Å². The van der Waals surface area contributed by atoms with Crippen LogP contribution in [0.15, 0.2) is 33.9 Å². The lowest BCUT2D eigenvalue weighted by atomic mass is 10.3. The molecule has 1 saturated carbocycles. The normalized spacial score (nSPS) is 16.5. The standard InChI is InChI=1S/C16H18FN3O3S/c1-9(22-13-7-3-11(17)4-8-13)15-19-20-16(23-15)24-10(2)14(21)18-12-5-6-12/h3-4,7-10,12H,5-6H2,1-2H3,(H,18,21)/t9-,10-/m1/s1. The first-order valence-corrected chi connectivity index (χ1v) is 8.62. The fourth-order valence-electron chi connectivity index (χ4n) is 1.95. The van der Waals surface area contributed by atoms with E-state index in [2.05, 4.69) is 15.5 Å². The molecule has 6 nitrogen and oxygen atoms in total. The number of thioether (sulfide) groups is 1. The third-order valence-corrected chi connectivity index (χ3v) is 4.40. The Morgan fingerprint density at radius 1 is 1.33 bits per heavy atom. The van der Waals surface area contributed by atoms with Gasteiger partial charge in [0.05, 0.1) is 5.25 Å². The Hall–Kier alpha value is -2.09. The molecule has 1 heterocycles. The van der Waals surface area contributed by atoms with Crippen LogP contribution in [-0.2, 0) is 4.79 Å². The summed E-state index contributed by atoms with van der Waals surface area (Å²) in [5, 5.41) is 10.8. The van der Waals surface area contributed by atoms with Gasteiger partial charge >= 0.3 is 0 Å². The summed E-state index contributed by atoms with van der Waals surface area (Å²) < 4.78 is 24.1. The van der Waals surface area contributed by atoms with Crippen LogP contribution < -0.4 is 10.1 Å². The summed E-state index contributed by atoms with van der Waals surface area (Å²) in [6.45, 7) is 3.55. The lowest BCUT2D eigenvalue weighted by molar-refractivity contribution is -0.120. The molecule has 0 saturated heterocycles. The van der Waals surface area contributed by atoms with Crippen molar-refractivity contribution in [3.63, 3.8) is 0 Å². The van der Waals surface area contributed by atoms with E-state index in [4.69, 9.17) is 9.15 Å². The number of amides is 1. The number of carbonyl (C=O) groups excluding carboxylic acids is 1. The molecule has 0 spiro atoms. The van der Waals surface area contributed by atoms with E-state index in [-0.39, 0.29) is 17.0 Å². The summed E-state index contributed by atoms with van der Waals surface area (Å²) in [4.78, 5) is 11.9. The van der Waals surface area contributed by atoms with Gasteiger partial charge in [-0.05, 0) is 51.0 Å².